The molecule has 0 radical (unpaired) electrons. The third-order valence-electron chi connectivity index (χ3n) is 2.90. The first-order valence-electron chi connectivity index (χ1n) is 5.86. The Kier molecular flexibility index (Phi) is 2.90. The summed E-state index contributed by atoms with van der Waals surface area (Å²) in [6, 6.07) is 5.80. The molecule has 0 fully saturated rings. The van der Waals surface area contributed by atoms with Gasteiger partial charge in [-0.05, 0) is 22.6 Å². The normalized spacial score (nSPS) is 10.8. The summed E-state index contributed by atoms with van der Waals surface area (Å²) >= 11 is 0. The van der Waals surface area contributed by atoms with Crippen molar-refractivity contribution in [3.63, 3.8) is 0 Å². The molecule has 2 aromatic heterocycles. The fourth-order valence-corrected chi connectivity index (χ4v) is 1.98. The topological polar surface area (TPSA) is 87.8 Å². The quantitative estimate of drug-likeness (QED) is 0.698. The molecular weight excluding hydrogens is 260 g/mol. The number of benzene rings is 1. The zero-order valence-electron chi connectivity index (χ0n) is 11.2. The molecule has 8 heteroatoms. The zero-order chi connectivity index (χ0) is 14.1. The number of nitrogens with zero attached hydrogens (tertiary/aromatic N) is 6. The maximum atomic E-state index is 5.38. The Balaban J connectivity index is 2.41. The van der Waals surface area contributed by atoms with Crippen molar-refractivity contribution in [2.75, 3.05) is 14.2 Å². The van der Waals surface area contributed by atoms with E-state index in [2.05, 4.69) is 25.5 Å². The van der Waals surface area contributed by atoms with E-state index in [1.807, 2.05) is 18.2 Å². The third-order valence-corrected chi connectivity index (χ3v) is 2.90. The predicted molar refractivity (Wildman–Crippen MR) is 70.4 cm³/mol. The minimum atomic E-state index is 0.253. The smallest absolute Gasteiger partial charge is 0.317 e. The van der Waals surface area contributed by atoms with Gasteiger partial charge in [0.2, 0.25) is 5.82 Å². The van der Waals surface area contributed by atoms with Crippen molar-refractivity contribution in [1.82, 2.24) is 30.2 Å². The van der Waals surface area contributed by atoms with Crippen LogP contribution in [0.15, 0.2) is 18.2 Å². The monoisotopic (exact) mass is 272 g/mol. The van der Waals surface area contributed by atoms with Crippen LogP contribution in [0, 0.1) is 0 Å². The number of aromatic nitrogens is 6. The highest BCUT2D eigenvalue weighted by Crippen LogP contribution is 2.32. The van der Waals surface area contributed by atoms with Gasteiger partial charge in [-0.1, -0.05) is 6.07 Å². The SMILES string of the molecule is COc1nc(-c2nnnn2C)c2c(OC)cccc2n1. The van der Waals surface area contributed by atoms with Crippen LogP contribution in [0.5, 0.6) is 11.8 Å². The van der Waals surface area contributed by atoms with E-state index in [9.17, 15) is 0 Å². The molecule has 0 bridgehead atoms. The Morgan fingerprint density at radius 3 is 2.60 bits per heavy atom. The molecule has 3 aromatic rings. The Labute approximate surface area is 114 Å². The lowest BCUT2D eigenvalue weighted by atomic mass is 10.1. The van der Waals surface area contributed by atoms with Crippen LogP contribution in [0.4, 0.5) is 0 Å². The largest absolute Gasteiger partial charge is 0.496 e. The lowest BCUT2D eigenvalue weighted by Crippen LogP contribution is -2.02. The molecule has 0 unspecified atom stereocenters. The summed E-state index contributed by atoms with van der Waals surface area (Å²) in [5.74, 6) is 1.17. The number of rotatable bonds is 3. The minimum Gasteiger partial charge on any atom is -0.496 e. The molecule has 0 saturated carbocycles. The van der Waals surface area contributed by atoms with E-state index in [4.69, 9.17) is 9.47 Å². The summed E-state index contributed by atoms with van der Waals surface area (Å²) in [6.07, 6.45) is 0. The lowest BCUT2D eigenvalue weighted by Gasteiger charge is -2.09. The second-order valence-corrected chi connectivity index (χ2v) is 4.04. The van der Waals surface area contributed by atoms with Gasteiger partial charge in [0.15, 0.2) is 0 Å². The minimum absolute atomic E-state index is 0.253. The van der Waals surface area contributed by atoms with Crippen molar-refractivity contribution in [2.24, 2.45) is 7.05 Å². The summed E-state index contributed by atoms with van der Waals surface area (Å²) in [5, 5.41) is 12.2. The van der Waals surface area contributed by atoms with Gasteiger partial charge < -0.3 is 9.47 Å². The highest BCUT2D eigenvalue weighted by Gasteiger charge is 2.18. The molecule has 0 spiro atoms. The van der Waals surface area contributed by atoms with Gasteiger partial charge in [-0.25, -0.2) is 4.68 Å². The molecule has 0 amide bonds. The van der Waals surface area contributed by atoms with Crippen molar-refractivity contribution in [3.05, 3.63) is 18.2 Å². The Bertz CT molecular complexity index is 770. The van der Waals surface area contributed by atoms with Crippen molar-refractivity contribution >= 4 is 10.9 Å². The highest BCUT2D eigenvalue weighted by atomic mass is 16.5. The maximum Gasteiger partial charge on any atom is 0.317 e. The van der Waals surface area contributed by atoms with E-state index in [1.54, 1.807) is 14.2 Å². The van der Waals surface area contributed by atoms with Gasteiger partial charge in [-0.3, -0.25) is 0 Å². The van der Waals surface area contributed by atoms with Gasteiger partial charge in [0, 0.05) is 7.05 Å². The number of ether oxygens (including phenoxy) is 2. The standard InChI is InChI=1S/C12H12N6O2/c1-18-11(15-16-17-18)10-9-7(13-12(14-10)20-3)5-4-6-8(9)19-2/h4-6H,1-3H3. The number of hydrogen-bond acceptors (Lipinski definition) is 7. The van der Waals surface area contributed by atoms with E-state index in [1.165, 1.54) is 11.8 Å². The first-order chi connectivity index (χ1) is 9.74. The molecule has 0 saturated heterocycles. The van der Waals surface area contributed by atoms with Gasteiger partial charge in [-0.15, -0.1) is 5.10 Å². The highest BCUT2D eigenvalue weighted by molar-refractivity contribution is 5.95. The van der Waals surface area contributed by atoms with Crippen molar-refractivity contribution < 1.29 is 9.47 Å². The van der Waals surface area contributed by atoms with Crippen LogP contribution < -0.4 is 9.47 Å². The zero-order valence-corrected chi connectivity index (χ0v) is 11.2. The average Bonchev–Trinajstić information content (AvgIpc) is 2.91. The second-order valence-electron chi connectivity index (χ2n) is 4.04. The summed E-state index contributed by atoms with van der Waals surface area (Å²) < 4.78 is 12.0. The molecule has 1 aromatic carbocycles. The molecule has 2 heterocycles. The molecule has 20 heavy (non-hydrogen) atoms. The Morgan fingerprint density at radius 2 is 1.95 bits per heavy atom. The van der Waals surface area contributed by atoms with Crippen LogP contribution in [0.2, 0.25) is 0 Å². The summed E-state index contributed by atoms with van der Waals surface area (Å²) in [7, 11) is 4.85. The van der Waals surface area contributed by atoms with Gasteiger partial charge >= 0.3 is 6.01 Å². The summed E-state index contributed by atoms with van der Waals surface area (Å²) in [6.45, 7) is 0. The van der Waals surface area contributed by atoms with Gasteiger partial charge in [-0.2, -0.15) is 9.97 Å². The fraction of sp³-hybridized carbons (Fsp3) is 0.250. The van der Waals surface area contributed by atoms with E-state index < -0.39 is 0 Å². The fourth-order valence-electron chi connectivity index (χ4n) is 1.98. The Morgan fingerprint density at radius 1 is 1.10 bits per heavy atom. The van der Waals surface area contributed by atoms with Crippen molar-refractivity contribution in [1.29, 1.82) is 0 Å². The molecule has 0 aliphatic heterocycles. The van der Waals surface area contributed by atoms with Crippen molar-refractivity contribution in [2.45, 2.75) is 0 Å². The third kappa shape index (κ3) is 1.81. The molecule has 0 N–H and O–H groups in total. The second kappa shape index (κ2) is 4.72. The number of methoxy groups -OCH3 is 2. The molecular formula is C12H12N6O2. The molecule has 0 aliphatic rings. The molecule has 8 nitrogen and oxygen atoms in total. The molecule has 102 valence electrons. The van der Waals surface area contributed by atoms with Gasteiger partial charge in [0.25, 0.3) is 0 Å². The van der Waals surface area contributed by atoms with Crippen LogP contribution in [0.3, 0.4) is 0 Å². The van der Waals surface area contributed by atoms with E-state index >= 15 is 0 Å². The van der Waals surface area contributed by atoms with Gasteiger partial charge in [0.1, 0.15) is 11.4 Å². The van der Waals surface area contributed by atoms with Gasteiger partial charge in [0.05, 0.1) is 25.1 Å². The van der Waals surface area contributed by atoms with E-state index in [0.717, 1.165) is 5.39 Å². The summed E-state index contributed by atoms with van der Waals surface area (Å²) in [5.41, 5.74) is 1.27. The van der Waals surface area contributed by atoms with Crippen molar-refractivity contribution in [3.8, 4) is 23.3 Å². The average molecular weight is 272 g/mol. The van der Waals surface area contributed by atoms with E-state index in [-0.39, 0.29) is 6.01 Å². The number of aryl methyl sites for hydroxylation is 1. The number of fused-ring (bicyclic) bond motifs is 1. The lowest BCUT2D eigenvalue weighted by molar-refractivity contribution is 0.381. The number of hydrogen-bond donors (Lipinski definition) is 0. The molecule has 0 aliphatic carbocycles. The predicted octanol–water partition coefficient (Wildman–Crippen LogP) is 0.837. The van der Waals surface area contributed by atoms with Crippen LogP contribution in [0.25, 0.3) is 22.4 Å². The van der Waals surface area contributed by atoms with Crippen LogP contribution in [-0.2, 0) is 7.05 Å². The molecule has 0 atom stereocenters. The first kappa shape index (κ1) is 12.3. The van der Waals surface area contributed by atoms with E-state index in [0.29, 0.717) is 22.8 Å². The van der Waals surface area contributed by atoms with Crippen LogP contribution in [0.1, 0.15) is 0 Å². The first-order valence-corrected chi connectivity index (χ1v) is 5.86. The van der Waals surface area contributed by atoms with Crippen LogP contribution in [-0.4, -0.2) is 44.4 Å². The maximum absolute atomic E-state index is 5.38. The Hall–Kier alpha value is -2.77. The summed E-state index contributed by atoms with van der Waals surface area (Å²) in [4.78, 5) is 8.67. The number of tetrazole rings is 1. The van der Waals surface area contributed by atoms with Crippen LogP contribution >= 0.6 is 0 Å². The molecule has 3 rings (SSSR count).